The van der Waals surface area contributed by atoms with Gasteiger partial charge in [0.1, 0.15) is 5.82 Å². The Morgan fingerprint density at radius 3 is 2.94 bits per heavy atom. The standard InChI is InChI=1S/C11H18N4O/c1-3-4-9-13-10(15-14-9)11(16)12-8-5-7(2)6-8/h7-8H,3-6H2,1-2H3,(H,12,16)(H,13,14,15). The Labute approximate surface area is 95.0 Å². The fourth-order valence-corrected chi connectivity index (χ4v) is 2.02. The van der Waals surface area contributed by atoms with E-state index >= 15 is 0 Å². The molecule has 88 valence electrons. The molecule has 0 unspecified atom stereocenters. The third-order valence-electron chi connectivity index (χ3n) is 2.93. The molecule has 1 aliphatic rings. The molecule has 1 aliphatic carbocycles. The van der Waals surface area contributed by atoms with Crippen molar-refractivity contribution in [2.24, 2.45) is 5.92 Å². The summed E-state index contributed by atoms with van der Waals surface area (Å²) in [5, 5.41) is 9.64. The van der Waals surface area contributed by atoms with Crippen LogP contribution >= 0.6 is 0 Å². The minimum atomic E-state index is -0.157. The van der Waals surface area contributed by atoms with Gasteiger partial charge in [0.15, 0.2) is 0 Å². The summed E-state index contributed by atoms with van der Waals surface area (Å²) in [6.45, 7) is 4.26. The van der Waals surface area contributed by atoms with Crippen LogP contribution in [0.15, 0.2) is 0 Å². The van der Waals surface area contributed by atoms with Gasteiger partial charge >= 0.3 is 0 Å². The number of amides is 1. The lowest BCUT2D eigenvalue weighted by molar-refractivity contribution is 0.0885. The molecule has 0 spiro atoms. The number of carbonyl (C=O) groups is 1. The van der Waals surface area contributed by atoms with E-state index in [-0.39, 0.29) is 11.7 Å². The van der Waals surface area contributed by atoms with Crippen LogP contribution in [-0.2, 0) is 6.42 Å². The Morgan fingerprint density at radius 2 is 2.31 bits per heavy atom. The highest BCUT2D eigenvalue weighted by Crippen LogP contribution is 2.26. The first-order chi connectivity index (χ1) is 7.69. The number of hydrogen-bond donors (Lipinski definition) is 2. The van der Waals surface area contributed by atoms with Crippen molar-refractivity contribution in [2.45, 2.75) is 45.6 Å². The number of aromatic amines is 1. The summed E-state index contributed by atoms with van der Waals surface area (Å²) >= 11 is 0. The van der Waals surface area contributed by atoms with Crippen molar-refractivity contribution in [3.05, 3.63) is 11.6 Å². The van der Waals surface area contributed by atoms with Crippen molar-refractivity contribution in [2.75, 3.05) is 0 Å². The SMILES string of the molecule is CCCc1nc(C(=O)NC2CC(C)C2)n[nH]1. The van der Waals surface area contributed by atoms with Gasteiger partial charge in [-0.2, -0.15) is 0 Å². The normalized spacial score (nSPS) is 23.9. The molecule has 5 heteroatoms. The van der Waals surface area contributed by atoms with E-state index < -0.39 is 0 Å². The number of hydrogen-bond acceptors (Lipinski definition) is 3. The molecule has 0 bridgehead atoms. The highest BCUT2D eigenvalue weighted by molar-refractivity contribution is 5.90. The van der Waals surface area contributed by atoms with Gasteiger partial charge in [0.05, 0.1) is 0 Å². The number of aryl methyl sites for hydroxylation is 1. The fourth-order valence-electron chi connectivity index (χ4n) is 2.02. The third kappa shape index (κ3) is 2.40. The number of aromatic nitrogens is 3. The van der Waals surface area contributed by atoms with Crippen molar-refractivity contribution in [1.82, 2.24) is 20.5 Å². The Kier molecular flexibility index (Phi) is 3.22. The molecule has 0 aliphatic heterocycles. The zero-order chi connectivity index (χ0) is 11.5. The average molecular weight is 222 g/mol. The molecule has 0 aromatic carbocycles. The van der Waals surface area contributed by atoms with Crippen LogP contribution in [0.3, 0.4) is 0 Å². The highest BCUT2D eigenvalue weighted by atomic mass is 16.2. The van der Waals surface area contributed by atoms with E-state index in [4.69, 9.17) is 0 Å². The first kappa shape index (κ1) is 11.1. The molecule has 2 N–H and O–H groups in total. The predicted octanol–water partition coefficient (Wildman–Crippen LogP) is 1.29. The van der Waals surface area contributed by atoms with Gasteiger partial charge in [0.2, 0.25) is 5.82 Å². The molecule has 1 saturated carbocycles. The van der Waals surface area contributed by atoms with Gasteiger partial charge in [-0.05, 0) is 25.2 Å². The van der Waals surface area contributed by atoms with Crippen molar-refractivity contribution in [1.29, 1.82) is 0 Å². The molecule has 1 amide bonds. The Morgan fingerprint density at radius 1 is 1.56 bits per heavy atom. The monoisotopic (exact) mass is 222 g/mol. The van der Waals surface area contributed by atoms with E-state index in [1.54, 1.807) is 0 Å². The van der Waals surface area contributed by atoms with Gasteiger partial charge in [-0.15, -0.1) is 5.10 Å². The zero-order valence-electron chi connectivity index (χ0n) is 9.79. The summed E-state index contributed by atoms with van der Waals surface area (Å²) in [5.41, 5.74) is 0. The summed E-state index contributed by atoms with van der Waals surface area (Å²) in [5.74, 6) is 1.63. The largest absolute Gasteiger partial charge is 0.347 e. The summed E-state index contributed by atoms with van der Waals surface area (Å²) in [6.07, 6.45) is 3.97. The molecule has 0 radical (unpaired) electrons. The Hall–Kier alpha value is -1.39. The second kappa shape index (κ2) is 4.63. The van der Waals surface area contributed by atoms with Crippen molar-refractivity contribution in [3.63, 3.8) is 0 Å². The molecular formula is C11H18N4O. The molecule has 0 saturated heterocycles. The molecule has 1 fully saturated rings. The average Bonchev–Trinajstić information content (AvgIpc) is 2.64. The van der Waals surface area contributed by atoms with Gasteiger partial charge in [-0.3, -0.25) is 9.89 Å². The van der Waals surface area contributed by atoms with E-state index in [0.29, 0.717) is 6.04 Å². The molecule has 1 heterocycles. The number of rotatable bonds is 4. The van der Waals surface area contributed by atoms with Gasteiger partial charge in [-0.25, -0.2) is 4.98 Å². The molecular weight excluding hydrogens is 204 g/mol. The molecule has 1 aromatic heterocycles. The molecule has 16 heavy (non-hydrogen) atoms. The second-order valence-corrected chi connectivity index (χ2v) is 4.60. The fraction of sp³-hybridized carbons (Fsp3) is 0.727. The molecule has 1 aromatic rings. The van der Waals surface area contributed by atoms with Crippen molar-refractivity contribution >= 4 is 5.91 Å². The summed E-state index contributed by atoms with van der Waals surface area (Å²) in [4.78, 5) is 15.9. The number of nitrogens with zero attached hydrogens (tertiary/aromatic N) is 2. The molecule has 2 rings (SSSR count). The van der Waals surface area contributed by atoms with E-state index in [0.717, 1.165) is 37.4 Å². The van der Waals surface area contributed by atoms with E-state index in [9.17, 15) is 4.79 Å². The van der Waals surface area contributed by atoms with Crippen LogP contribution in [0, 0.1) is 5.92 Å². The maximum absolute atomic E-state index is 11.7. The van der Waals surface area contributed by atoms with Crippen LogP contribution in [0.5, 0.6) is 0 Å². The first-order valence-electron chi connectivity index (χ1n) is 5.91. The first-order valence-corrected chi connectivity index (χ1v) is 5.91. The topological polar surface area (TPSA) is 70.7 Å². The second-order valence-electron chi connectivity index (χ2n) is 4.60. The maximum Gasteiger partial charge on any atom is 0.291 e. The summed E-state index contributed by atoms with van der Waals surface area (Å²) < 4.78 is 0. The van der Waals surface area contributed by atoms with Crippen LogP contribution in [0.1, 0.15) is 49.6 Å². The van der Waals surface area contributed by atoms with Crippen LogP contribution in [0.4, 0.5) is 0 Å². The van der Waals surface area contributed by atoms with Crippen molar-refractivity contribution < 1.29 is 4.79 Å². The lowest BCUT2D eigenvalue weighted by Gasteiger charge is -2.32. The zero-order valence-corrected chi connectivity index (χ0v) is 9.79. The van der Waals surface area contributed by atoms with Crippen molar-refractivity contribution in [3.8, 4) is 0 Å². The summed E-state index contributed by atoms with van der Waals surface area (Å²) in [7, 11) is 0. The Balaban J connectivity index is 1.88. The van der Waals surface area contributed by atoms with E-state index in [1.165, 1.54) is 0 Å². The highest BCUT2D eigenvalue weighted by Gasteiger charge is 2.27. The smallest absolute Gasteiger partial charge is 0.291 e. The van der Waals surface area contributed by atoms with E-state index in [1.807, 2.05) is 0 Å². The molecule has 5 nitrogen and oxygen atoms in total. The maximum atomic E-state index is 11.7. The number of nitrogens with one attached hydrogen (secondary N) is 2. The number of H-pyrrole nitrogens is 1. The van der Waals surface area contributed by atoms with Crippen LogP contribution in [0.2, 0.25) is 0 Å². The Bertz CT molecular complexity index is 368. The van der Waals surface area contributed by atoms with Gasteiger partial charge in [0.25, 0.3) is 5.91 Å². The predicted molar refractivity (Wildman–Crippen MR) is 60.0 cm³/mol. The lowest BCUT2D eigenvalue weighted by atomic mass is 9.82. The minimum Gasteiger partial charge on any atom is -0.347 e. The van der Waals surface area contributed by atoms with Crippen LogP contribution in [-0.4, -0.2) is 27.1 Å². The van der Waals surface area contributed by atoms with Gasteiger partial charge in [-0.1, -0.05) is 13.8 Å². The van der Waals surface area contributed by atoms with Gasteiger partial charge in [0, 0.05) is 12.5 Å². The summed E-state index contributed by atoms with van der Waals surface area (Å²) in [6, 6.07) is 0.315. The minimum absolute atomic E-state index is 0.157. The van der Waals surface area contributed by atoms with Crippen LogP contribution < -0.4 is 5.32 Å². The third-order valence-corrected chi connectivity index (χ3v) is 2.93. The quantitative estimate of drug-likeness (QED) is 0.806. The lowest BCUT2D eigenvalue weighted by Crippen LogP contribution is -2.43. The van der Waals surface area contributed by atoms with E-state index in [2.05, 4.69) is 34.3 Å². The number of carbonyl (C=O) groups excluding carboxylic acids is 1. The van der Waals surface area contributed by atoms with Gasteiger partial charge < -0.3 is 5.32 Å². The van der Waals surface area contributed by atoms with Crippen LogP contribution in [0.25, 0.3) is 0 Å². The molecule has 0 atom stereocenters.